The van der Waals surface area contributed by atoms with Gasteiger partial charge in [0.2, 0.25) is 0 Å². The van der Waals surface area contributed by atoms with Crippen molar-refractivity contribution in [3.05, 3.63) is 16.1 Å². The Bertz CT molecular complexity index is 300. The van der Waals surface area contributed by atoms with Gasteiger partial charge in [0.15, 0.2) is 0 Å². The summed E-state index contributed by atoms with van der Waals surface area (Å²) < 4.78 is 0. The van der Waals surface area contributed by atoms with Crippen molar-refractivity contribution in [2.45, 2.75) is 51.5 Å². The van der Waals surface area contributed by atoms with Gasteiger partial charge in [0.1, 0.15) is 0 Å². The van der Waals surface area contributed by atoms with E-state index in [4.69, 9.17) is 5.73 Å². The molecule has 2 nitrogen and oxygen atoms in total. The predicted octanol–water partition coefficient (Wildman–Crippen LogP) is 3.29. The first-order valence-electron chi connectivity index (χ1n) is 5.98. The van der Waals surface area contributed by atoms with E-state index in [0.29, 0.717) is 6.54 Å². The van der Waals surface area contributed by atoms with Gasteiger partial charge in [-0.3, -0.25) is 0 Å². The largest absolute Gasteiger partial charge is 0.326 e. The third kappa shape index (κ3) is 2.58. The van der Waals surface area contributed by atoms with Crippen LogP contribution >= 0.6 is 11.3 Å². The Kier molecular flexibility index (Phi) is 3.76. The van der Waals surface area contributed by atoms with Crippen LogP contribution in [0.3, 0.4) is 0 Å². The molecule has 0 aromatic carbocycles. The Labute approximate surface area is 95.9 Å². The van der Waals surface area contributed by atoms with Crippen LogP contribution in [0, 0.1) is 5.92 Å². The minimum Gasteiger partial charge on any atom is -0.326 e. The van der Waals surface area contributed by atoms with E-state index in [9.17, 15) is 0 Å². The van der Waals surface area contributed by atoms with Crippen LogP contribution in [-0.2, 0) is 6.54 Å². The van der Waals surface area contributed by atoms with Gasteiger partial charge in [0.25, 0.3) is 0 Å². The minimum atomic E-state index is 0.641. The van der Waals surface area contributed by atoms with Crippen LogP contribution in [0.25, 0.3) is 0 Å². The normalized spacial score (nSPS) is 26.8. The first kappa shape index (κ1) is 11.1. The maximum Gasteiger partial charge on any atom is 0.0959 e. The predicted molar refractivity (Wildman–Crippen MR) is 65.0 cm³/mol. The summed E-state index contributed by atoms with van der Waals surface area (Å²) in [6, 6.07) is 0. The monoisotopic (exact) mass is 224 g/mol. The molecule has 1 aliphatic carbocycles. The number of hydrogen-bond donors (Lipinski definition) is 1. The zero-order chi connectivity index (χ0) is 10.7. The molecule has 0 atom stereocenters. The molecule has 1 aromatic rings. The third-order valence-electron chi connectivity index (χ3n) is 3.55. The van der Waals surface area contributed by atoms with Crippen LogP contribution in [0.2, 0.25) is 0 Å². The zero-order valence-electron chi connectivity index (χ0n) is 9.41. The van der Waals surface area contributed by atoms with Crippen molar-refractivity contribution >= 4 is 11.3 Å². The number of nitrogens with zero attached hydrogens (tertiary/aromatic N) is 1. The van der Waals surface area contributed by atoms with Crippen molar-refractivity contribution in [2.75, 3.05) is 0 Å². The lowest BCUT2D eigenvalue weighted by Crippen LogP contribution is -2.12. The van der Waals surface area contributed by atoms with Crippen LogP contribution in [0.5, 0.6) is 0 Å². The van der Waals surface area contributed by atoms with Gasteiger partial charge >= 0.3 is 0 Å². The molecule has 1 fully saturated rings. The maximum absolute atomic E-state index is 5.61. The Hall–Kier alpha value is -0.410. The van der Waals surface area contributed by atoms with Crippen molar-refractivity contribution in [1.82, 2.24) is 4.98 Å². The van der Waals surface area contributed by atoms with E-state index in [1.54, 1.807) is 0 Å². The Morgan fingerprint density at radius 1 is 1.40 bits per heavy atom. The van der Waals surface area contributed by atoms with E-state index in [2.05, 4.69) is 11.9 Å². The number of thiazole rings is 1. The molecule has 1 heterocycles. The summed E-state index contributed by atoms with van der Waals surface area (Å²) in [5.74, 6) is 1.69. The summed E-state index contributed by atoms with van der Waals surface area (Å²) in [7, 11) is 0. The van der Waals surface area contributed by atoms with Gasteiger partial charge in [-0.25, -0.2) is 4.98 Å². The summed E-state index contributed by atoms with van der Waals surface area (Å²) in [6.45, 7) is 2.95. The van der Waals surface area contributed by atoms with E-state index in [-0.39, 0.29) is 0 Å². The Balaban J connectivity index is 1.95. The smallest absolute Gasteiger partial charge is 0.0959 e. The second kappa shape index (κ2) is 5.08. The average molecular weight is 224 g/mol. The number of aromatic nitrogens is 1. The molecule has 1 aromatic heterocycles. The standard InChI is InChI=1S/C12H20N2S/c1-2-9-3-5-10(6-4-9)12-14-8-11(7-13)15-12/h8-10H,2-7,13H2,1H3. The van der Waals surface area contributed by atoms with Crippen LogP contribution in [0.15, 0.2) is 6.20 Å². The number of hydrogen-bond acceptors (Lipinski definition) is 3. The fourth-order valence-corrected chi connectivity index (χ4v) is 3.39. The molecule has 3 heteroatoms. The van der Waals surface area contributed by atoms with Gasteiger partial charge in [-0.2, -0.15) is 0 Å². The molecule has 0 spiro atoms. The van der Waals surface area contributed by atoms with E-state index < -0.39 is 0 Å². The van der Waals surface area contributed by atoms with E-state index in [0.717, 1.165) is 11.8 Å². The highest BCUT2D eigenvalue weighted by Gasteiger charge is 2.23. The van der Waals surface area contributed by atoms with Crippen LogP contribution < -0.4 is 5.73 Å². The first-order valence-corrected chi connectivity index (χ1v) is 6.79. The quantitative estimate of drug-likeness (QED) is 0.855. The highest BCUT2D eigenvalue weighted by atomic mass is 32.1. The lowest BCUT2D eigenvalue weighted by Gasteiger charge is -2.26. The summed E-state index contributed by atoms with van der Waals surface area (Å²) in [4.78, 5) is 5.72. The topological polar surface area (TPSA) is 38.9 Å². The van der Waals surface area contributed by atoms with Crippen molar-refractivity contribution in [3.8, 4) is 0 Å². The van der Waals surface area contributed by atoms with Gasteiger partial charge in [-0.1, -0.05) is 13.3 Å². The van der Waals surface area contributed by atoms with E-state index in [1.165, 1.54) is 42.0 Å². The molecule has 2 N–H and O–H groups in total. The number of nitrogens with two attached hydrogens (primary N) is 1. The maximum atomic E-state index is 5.61. The van der Waals surface area contributed by atoms with Crippen molar-refractivity contribution in [3.63, 3.8) is 0 Å². The summed E-state index contributed by atoms with van der Waals surface area (Å²) in [5, 5.41) is 1.32. The molecule has 15 heavy (non-hydrogen) atoms. The highest BCUT2D eigenvalue weighted by molar-refractivity contribution is 7.11. The first-order chi connectivity index (χ1) is 7.33. The molecule has 0 amide bonds. The van der Waals surface area contributed by atoms with Crippen LogP contribution in [0.1, 0.15) is 54.8 Å². The summed E-state index contributed by atoms with van der Waals surface area (Å²) in [5.41, 5.74) is 5.61. The van der Waals surface area contributed by atoms with Gasteiger partial charge in [0.05, 0.1) is 5.01 Å². The third-order valence-corrected chi connectivity index (χ3v) is 4.73. The minimum absolute atomic E-state index is 0.641. The highest BCUT2D eigenvalue weighted by Crippen LogP contribution is 2.38. The average Bonchev–Trinajstić information content (AvgIpc) is 2.78. The fraction of sp³-hybridized carbons (Fsp3) is 0.750. The fourth-order valence-electron chi connectivity index (χ4n) is 2.42. The molecule has 1 aliphatic rings. The molecule has 0 unspecified atom stereocenters. The van der Waals surface area contributed by atoms with Gasteiger partial charge < -0.3 is 5.73 Å². The van der Waals surface area contributed by atoms with Crippen LogP contribution in [-0.4, -0.2) is 4.98 Å². The van der Waals surface area contributed by atoms with Gasteiger partial charge in [-0.15, -0.1) is 11.3 Å². The van der Waals surface area contributed by atoms with Crippen LogP contribution in [0.4, 0.5) is 0 Å². The second-order valence-electron chi connectivity index (χ2n) is 4.49. The zero-order valence-corrected chi connectivity index (χ0v) is 10.2. The Morgan fingerprint density at radius 2 is 2.13 bits per heavy atom. The molecule has 2 rings (SSSR count). The molecular formula is C12H20N2S. The lowest BCUT2D eigenvalue weighted by molar-refractivity contribution is 0.318. The van der Waals surface area contributed by atoms with Gasteiger partial charge in [-0.05, 0) is 31.6 Å². The molecule has 1 saturated carbocycles. The lowest BCUT2D eigenvalue weighted by atomic mass is 9.81. The molecule has 0 radical (unpaired) electrons. The molecule has 0 aliphatic heterocycles. The molecule has 84 valence electrons. The van der Waals surface area contributed by atoms with Crippen molar-refractivity contribution < 1.29 is 0 Å². The Morgan fingerprint density at radius 3 is 2.67 bits per heavy atom. The number of rotatable bonds is 3. The molecule has 0 saturated heterocycles. The van der Waals surface area contributed by atoms with E-state index in [1.807, 2.05) is 17.5 Å². The SMILES string of the molecule is CCC1CCC(c2ncc(CN)s2)CC1. The van der Waals surface area contributed by atoms with E-state index >= 15 is 0 Å². The second-order valence-corrected chi connectivity index (χ2v) is 5.64. The summed E-state index contributed by atoms with van der Waals surface area (Å²) in [6.07, 6.45) is 8.73. The molecule has 0 bridgehead atoms. The summed E-state index contributed by atoms with van der Waals surface area (Å²) >= 11 is 1.81. The molecular weight excluding hydrogens is 204 g/mol. The van der Waals surface area contributed by atoms with Gasteiger partial charge in [0, 0.05) is 23.5 Å². The van der Waals surface area contributed by atoms with Crippen molar-refractivity contribution in [1.29, 1.82) is 0 Å². The van der Waals surface area contributed by atoms with Crippen molar-refractivity contribution in [2.24, 2.45) is 11.7 Å².